The molecule has 1 amide bonds. The Morgan fingerprint density at radius 1 is 1.30 bits per heavy atom. The van der Waals surface area contributed by atoms with E-state index >= 15 is 0 Å². The fourth-order valence-electron chi connectivity index (χ4n) is 6.08. The topological polar surface area (TPSA) is 58.6 Å². The molecule has 1 N–H and O–H groups in total. The Balaban J connectivity index is 1.28. The van der Waals surface area contributed by atoms with Crippen LogP contribution in [-0.2, 0) is 14.3 Å². The first-order valence-electron chi connectivity index (χ1n) is 10.8. The summed E-state index contributed by atoms with van der Waals surface area (Å²) in [6.07, 6.45) is 8.39. The molecule has 0 radical (unpaired) electrons. The highest BCUT2D eigenvalue weighted by atomic mass is 16.6. The van der Waals surface area contributed by atoms with Gasteiger partial charge in [-0.25, -0.2) is 0 Å². The Morgan fingerprint density at radius 3 is 2.93 bits per heavy atom. The molecule has 4 aliphatic rings. The van der Waals surface area contributed by atoms with Gasteiger partial charge >= 0.3 is 5.97 Å². The number of carbonyl (C=O) groups excluding carboxylic acids is 2. The number of esters is 1. The van der Waals surface area contributed by atoms with Crippen LogP contribution >= 0.6 is 0 Å². The van der Waals surface area contributed by atoms with Gasteiger partial charge in [0.1, 0.15) is 6.10 Å². The maximum atomic E-state index is 12.5. The molecule has 0 spiro atoms. The standard InChI is InChI=1S/C22H34N2O3/c1-15-6-3-8-22(2)13-19-16(12-18(15)22)17(21(26)27-19)14-23-9-5-11-24-10-4-7-20(24)25/h16-19,23H,1,3-14H2,2H3/t16-,17-,18+,19-,22-/m1/s1. The van der Waals surface area contributed by atoms with Crippen molar-refractivity contribution in [3.05, 3.63) is 12.2 Å². The zero-order valence-corrected chi connectivity index (χ0v) is 16.7. The van der Waals surface area contributed by atoms with Gasteiger partial charge in [0.2, 0.25) is 5.91 Å². The zero-order chi connectivity index (χ0) is 19.0. The number of hydrogen-bond donors (Lipinski definition) is 1. The normalized spacial score (nSPS) is 38.7. The number of carbonyl (C=O) groups is 2. The first-order valence-corrected chi connectivity index (χ1v) is 10.8. The number of hydrogen-bond acceptors (Lipinski definition) is 4. The minimum atomic E-state index is -0.0253. The van der Waals surface area contributed by atoms with Gasteiger partial charge in [0.15, 0.2) is 0 Å². The second-order valence-corrected chi connectivity index (χ2v) is 9.45. The van der Waals surface area contributed by atoms with Crippen LogP contribution in [0.3, 0.4) is 0 Å². The predicted molar refractivity (Wildman–Crippen MR) is 104 cm³/mol. The monoisotopic (exact) mass is 374 g/mol. The molecule has 5 heteroatoms. The smallest absolute Gasteiger partial charge is 0.310 e. The molecule has 0 aromatic rings. The minimum Gasteiger partial charge on any atom is -0.462 e. The second-order valence-electron chi connectivity index (χ2n) is 9.45. The van der Waals surface area contributed by atoms with Crippen molar-refractivity contribution in [3.63, 3.8) is 0 Å². The maximum absolute atomic E-state index is 12.5. The Labute approximate surface area is 162 Å². The molecule has 0 aromatic heterocycles. The highest BCUT2D eigenvalue weighted by molar-refractivity contribution is 5.78. The van der Waals surface area contributed by atoms with E-state index in [1.54, 1.807) is 0 Å². The van der Waals surface area contributed by atoms with Gasteiger partial charge in [0.25, 0.3) is 0 Å². The molecule has 150 valence electrons. The van der Waals surface area contributed by atoms with E-state index in [-0.39, 0.29) is 29.3 Å². The summed E-state index contributed by atoms with van der Waals surface area (Å²) in [5.41, 5.74) is 1.66. The van der Waals surface area contributed by atoms with E-state index in [9.17, 15) is 9.59 Å². The predicted octanol–water partition coefficient (Wildman–Crippen LogP) is 2.90. The lowest BCUT2D eigenvalue weighted by atomic mass is 9.55. The van der Waals surface area contributed by atoms with Crippen molar-refractivity contribution in [3.8, 4) is 0 Å². The van der Waals surface area contributed by atoms with Gasteiger partial charge in [0.05, 0.1) is 5.92 Å². The number of ether oxygens (including phenoxy) is 1. The van der Waals surface area contributed by atoms with Crippen LogP contribution in [0.4, 0.5) is 0 Å². The summed E-state index contributed by atoms with van der Waals surface area (Å²) in [5, 5.41) is 3.46. The molecular weight excluding hydrogens is 340 g/mol. The van der Waals surface area contributed by atoms with E-state index in [0.29, 0.717) is 24.8 Å². The molecule has 0 aromatic carbocycles. The lowest BCUT2D eigenvalue weighted by Crippen LogP contribution is -2.45. The van der Waals surface area contributed by atoms with Crippen LogP contribution in [0, 0.1) is 23.2 Å². The average Bonchev–Trinajstić information content (AvgIpc) is 3.15. The van der Waals surface area contributed by atoms with Crippen LogP contribution in [-0.4, -0.2) is 49.1 Å². The molecule has 2 saturated heterocycles. The minimum absolute atomic E-state index is 0.0138. The van der Waals surface area contributed by atoms with Crippen LogP contribution in [0.5, 0.6) is 0 Å². The first kappa shape index (κ1) is 19.0. The van der Waals surface area contributed by atoms with E-state index in [1.165, 1.54) is 18.4 Å². The van der Waals surface area contributed by atoms with E-state index in [4.69, 9.17) is 4.74 Å². The molecule has 2 saturated carbocycles. The van der Waals surface area contributed by atoms with Crippen molar-refractivity contribution < 1.29 is 14.3 Å². The van der Waals surface area contributed by atoms with E-state index in [0.717, 1.165) is 51.7 Å². The van der Waals surface area contributed by atoms with Gasteiger partial charge in [-0.2, -0.15) is 0 Å². The van der Waals surface area contributed by atoms with Crippen LogP contribution < -0.4 is 5.32 Å². The van der Waals surface area contributed by atoms with Gasteiger partial charge in [-0.3, -0.25) is 9.59 Å². The first-order chi connectivity index (χ1) is 13.0. The summed E-state index contributed by atoms with van der Waals surface area (Å²) in [5.74, 6) is 1.13. The molecule has 2 heterocycles. The lowest BCUT2D eigenvalue weighted by Gasteiger charge is -2.50. The molecule has 5 atom stereocenters. The Morgan fingerprint density at radius 2 is 2.15 bits per heavy atom. The van der Waals surface area contributed by atoms with Crippen molar-refractivity contribution in [2.75, 3.05) is 26.2 Å². The van der Waals surface area contributed by atoms with Crippen molar-refractivity contribution in [1.82, 2.24) is 10.2 Å². The third-order valence-electron chi connectivity index (χ3n) is 7.64. The summed E-state index contributed by atoms with van der Waals surface area (Å²) < 4.78 is 5.82. The van der Waals surface area contributed by atoms with Gasteiger partial charge in [0, 0.05) is 32.0 Å². The summed E-state index contributed by atoms with van der Waals surface area (Å²) in [6.45, 7) is 10.0. The van der Waals surface area contributed by atoms with Crippen LogP contribution in [0.1, 0.15) is 58.3 Å². The number of allylic oxidation sites excluding steroid dienone is 1. The molecule has 0 bridgehead atoms. The molecule has 2 aliphatic carbocycles. The van der Waals surface area contributed by atoms with Crippen LogP contribution in [0.2, 0.25) is 0 Å². The van der Waals surface area contributed by atoms with Gasteiger partial charge in [-0.1, -0.05) is 19.1 Å². The molecule has 27 heavy (non-hydrogen) atoms. The SMILES string of the molecule is C=C1CCC[C@]2(C)C[C@H]3OC(=O)[C@H](CNCCCN4CCCC4=O)[C@H]3C[C@@H]12. The fraction of sp³-hybridized carbons (Fsp3) is 0.818. The van der Waals surface area contributed by atoms with E-state index in [2.05, 4.69) is 18.8 Å². The van der Waals surface area contributed by atoms with Crippen molar-refractivity contribution in [1.29, 1.82) is 0 Å². The van der Waals surface area contributed by atoms with Crippen molar-refractivity contribution in [2.45, 2.75) is 64.4 Å². The number of nitrogens with one attached hydrogen (secondary N) is 1. The van der Waals surface area contributed by atoms with Crippen LogP contribution in [0.25, 0.3) is 0 Å². The maximum Gasteiger partial charge on any atom is 0.310 e. The van der Waals surface area contributed by atoms with Gasteiger partial charge < -0.3 is 15.0 Å². The summed E-state index contributed by atoms with van der Waals surface area (Å²) in [4.78, 5) is 26.1. The third kappa shape index (κ3) is 3.67. The van der Waals surface area contributed by atoms with E-state index in [1.807, 2.05) is 4.90 Å². The number of fused-ring (bicyclic) bond motifs is 2. The highest BCUT2D eigenvalue weighted by Crippen LogP contribution is 2.56. The number of rotatable bonds is 6. The summed E-state index contributed by atoms with van der Waals surface area (Å²) >= 11 is 0. The second kappa shape index (κ2) is 7.57. The lowest BCUT2D eigenvalue weighted by molar-refractivity contribution is -0.146. The Bertz CT molecular complexity index is 619. The molecule has 4 fully saturated rings. The Hall–Kier alpha value is -1.36. The third-order valence-corrected chi connectivity index (χ3v) is 7.64. The number of nitrogens with zero attached hydrogens (tertiary/aromatic N) is 1. The van der Waals surface area contributed by atoms with Gasteiger partial charge in [-0.05, 0) is 62.8 Å². The van der Waals surface area contributed by atoms with Crippen molar-refractivity contribution in [2.24, 2.45) is 23.2 Å². The van der Waals surface area contributed by atoms with E-state index < -0.39 is 0 Å². The Kier molecular flexibility index (Phi) is 5.32. The quantitative estimate of drug-likeness (QED) is 0.441. The van der Waals surface area contributed by atoms with Crippen molar-refractivity contribution >= 4 is 11.9 Å². The van der Waals surface area contributed by atoms with Crippen LogP contribution in [0.15, 0.2) is 12.2 Å². The van der Waals surface area contributed by atoms with Gasteiger partial charge in [-0.15, -0.1) is 0 Å². The average molecular weight is 375 g/mol. The molecule has 5 nitrogen and oxygen atoms in total. The molecule has 2 aliphatic heterocycles. The summed E-state index contributed by atoms with van der Waals surface area (Å²) in [6, 6.07) is 0. The number of amides is 1. The summed E-state index contributed by atoms with van der Waals surface area (Å²) in [7, 11) is 0. The molecular formula is C22H34N2O3. The molecule has 0 unspecified atom stereocenters. The largest absolute Gasteiger partial charge is 0.462 e. The number of likely N-dealkylation sites (tertiary alicyclic amines) is 1. The fourth-order valence-corrected chi connectivity index (χ4v) is 6.08. The molecule has 4 rings (SSSR count). The highest BCUT2D eigenvalue weighted by Gasteiger charge is 2.54. The zero-order valence-electron chi connectivity index (χ0n) is 16.7.